The minimum atomic E-state index is -0.370. The van der Waals surface area contributed by atoms with Crippen LogP contribution in [0.2, 0.25) is 0 Å². The molecule has 0 unspecified atom stereocenters. The lowest BCUT2D eigenvalue weighted by molar-refractivity contribution is -0.141. The van der Waals surface area contributed by atoms with E-state index in [0.29, 0.717) is 39.2 Å². The molecule has 0 aliphatic carbocycles. The van der Waals surface area contributed by atoms with E-state index in [1.165, 1.54) is 12.1 Å². The Hall–Kier alpha value is -2.73. The van der Waals surface area contributed by atoms with Crippen molar-refractivity contribution in [1.29, 1.82) is 0 Å². The largest absolute Gasteiger partial charge is 0.368 e. The molecule has 0 radical (unpaired) electrons. The van der Waals surface area contributed by atoms with Crippen LogP contribution in [0.3, 0.4) is 0 Å². The van der Waals surface area contributed by atoms with Crippen LogP contribution in [0.4, 0.5) is 4.39 Å². The Morgan fingerprint density at radius 2 is 1.94 bits per heavy atom. The summed E-state index contributed by atoms with van der Waals surface area (Å²) in [4.78, 5) is 29.8. The van der Waals surface area contributed by atoms with E-state index in [4.69, 9.17) is 4.74 Å². The first-order valence-corrected chi connectivity index (χ1v) is 11.1. The molecule has 2 atom stereocenters. The van der Waals surface area contributed by atoms with E-state index in [1.54, 1.807) is 12.1 Å². The maximum Gasteiger partial charge on any atom is 0.251 e. The molecule has 0 bridgehead atoms. The highest BCUT2D eigenvalue weighted by atomic mass is 19.1. The Morgan fingerprint density at radius 1 is 1.13 bits per heavy atom. The Kier molecular flexibility index (Phi) is 6.66. The van der Waals surface area contributed by atoms with E-state index in [1.807, 2.05) is 41.0 Å². The van der Waals surface area contributed by atoms with Crippen molar-refractivity contribution >= 4 is 11.8 Å². The van der Waals surface area contributed by atoms with Gasteiger partial charge in [0.15, 0.2) is 0 Å². The van der Waals surface area contributed by atoms with Gasteiger partial charge in [0.05, 0.1) is 5.92 Å². The number of ether oxygens (including phenoxy) is 1. The average Bonchev–Trinajstić information content (AvgIpc) is 3.28. The van der Waals surface area contributed by atoms with Gasteiger partial charge in [-0.2, -0.15) is 0 Å². The standard InChI is InChI=1S/C25H29FN2O3/c1-2-27-12-13-28(25(30)23-7-4-14-31-23)17-21(24(27)29)16-18-5-3-6-20(15-18)19-8-10-22(26)11-9-19/h3,5-6,8-11,15,21,23H,2,4,7,12-14,16-17H2,1H3/t21-,23+/m0/s1. The fourth-order valence-corrected chi connectivity index (χ4v) is 4.49. The molecule has 2 saturated heterocycles. The molecule has 164 valence electrons. The second-order valence-corrected chi connectivity index (χ2v) is 8.31. The van der Waals surface area contributed by atoms with Crippen LogP contribution >= 0.6 is 0 Å². The molecule has 2 fully saturated rings. The number of carbonyl (C=O) groups is 2. The third-order valence-electron chi connectivity index (χ3n) is 6.23. The van der Waals surface area contributed by atoms with Gasteiger partial charge in [-0.15, -0.1) is 0 Å². The molecule has 2 aromatic carbocycles. The summed E-state index contributed by atoms with van der Waals surface area (Å²) in [5.41, 5.74) is 2.95. The van der Waals surface area contributed by atoms with Crippen LogP contribution in [0.1, 0.15) is 25.3 Å². The lowest BCUT2D eigenvalue weighted by Gasteiger charge is -2.25. The molecule has 2 aliphatic heterocycles. The fourth-order valence-electron chi connectivity index (χ4n) is 4.49. The second kappa shape index (κ2) is 9.60. The predicted molar refractivity (Wildman–Crippen MR) is 117 cm³/mol. The highest BCUT2D eigenvalue weighted by Crippen LogP contribution is 2.24. The van der Waals surface area contributed by atoms with Crippen molar-refractivity contribution < 1.29 is 18.7 Å². The SMILES string of the molecule is CCN1CCN(C(=O)[C@H]2CCCO2)C[C@H](Cc2cccc(-c3ccc(F)cc3)c2)C1=O. The second-order valence-electron chi connectivity index (χ2n) is 8.31. The van der Waals surface area contributed by atoms with Gasteiger partial charge in [-0.3, -0.25) is 9.59 Å². The summed E-state index contributed by atoms with van der Waals surface area (Å²) < 4.78 is 18.9. The minimum absolute atomic E-state index is 0.00770. The van der Waals surface area contributed by atoms with Crippen molar-refractivity contribution in [3.05, 3.63) is 59.9 Å². The van der Waals surface area contributed by atoms with Crippen molar-refractivity contribution in [2.45, 2.75) is 32.3 Å². The van der Waals surface area contributed by atoms with Crippen LogP contribution in [0.5, 0.6) is 0 Å². The number of carbonyl (C=O) groups excluding carboxylic acids is 2. The zero-order valence-corrected chi connectivity index (χ0v) is 17.9. The third kappa shape index (κ3) is 4.96. The van der Waals surface area contributed by atoms with E-state index >= 15 is 0 Å². The summed E-state index contributed by atoms with van der Waals surface area (Å²) in [7, 11) is 0. The van der Waals surface area contributed by atoms with Crippen molar-refractivity contribution in [3.8, 4) is 11.1 Å². The molecule has 0 N–H and O–H groups in total. The molecule has 5 nitrogen and oxygen atoms in total. The molecule has 2 amide bonds. The summed E-state index contributed by atoms with van der Waals surface area (Å²) in [6.07, 6.45) is 1.85. The number of hydrogen-bond acceptors (Lipinski definition) is 3. The van der Waals surface area contributed by atoms with Crippen LogP contribution in [0.15, 0.2) is 48.5 Å². The summed E-state index contributed by atoms with van der Waals surface area (Å²) in [5, 5.41) is 0. The topological polar surface area (TPSA) is 49.9 Å². The normalized spacial score (nSPS) is 21.9. The smallest absolute Gasteiger partial charge is 0.251 e. The highest BCUT2D eigenvalue weighted by Gasteiger charge is 2.35. The predicted octanol–water partition coefficient (Wildman–Crippen LogP) is 3.52. The molecule has 0 aromatic heterocycles. The molecule has 6 heteroatoms. The zero-order chi connectivity index (χ0) is 21.8. The molecule has 0 saturated carbocycles. The number of benzene rings is 2. The summed E-state index contributed by atoms with van der Waals surface area (Å²) in [5.74, 6) is -0.457. The van der Waals surface area contributed by atoms with E-state index in [0.717, 1.165) is 29.5 Å². The summed E-state index contributed by atoms with van der Waals surface area (Å²) >= 11 is 0. The maximum absolute atomic E-state index is 13.3. The third-order valence-corrected chi connectivity index (χ3v) is 6.23. The fraction of sp³-hybridized carbons (Fsp3) is 0.440. The van der Waals surface area contributed by atoms with E-state index in [-0.39, 0.29) is 29.7 Å². The van der Waals surface area contributed by atoms with Crippen molar-refractivity contribution in [1.82, 2.24) is 9.80 Å². The number of hydrogen-bond donors (Lipinski definition) is 0. The summed E-state index contributed by atoms with van der Waals surface area (Å²) in [6, 6.07) is 14.4. The molecular weight excluding hydrogens is 395 g/mol. The molecule has 2 heterocycles. The zero-order valence-electron chi connectivity index (χ0n) is 17.9. The lowest BCUT2D eigenvalue weighted by Crippen LogP contribution is -2.42. The molecule has 2 aliphatic rings. The Balaban J connectivity index is 1.54. The van der Waals surface area contributed by atoms with Gasteiger partial charge in [0.25, 0.3) is 5.91 Å². The van der Waals surface area contributed by atoms with Gasteiger partial charge in [-0.1, -0.05) is 36.4 Å². The molecule has 2 aromatic rings. The van der Waals surface area contributed by atoms with Gasteiger partial charge in [-0.25, -0.2) is 4.39 Å². The average molecular weight is 425 g/mol. The van der Waals surface area contributed by atoms with Crippen molar-refractivity contribution in [2.24, 2.45) is 5.92 Å². The van der Waals surface area contributed by atoms with Gasteiger partial charge in [0.2, 0.25) is 5.91 Å². The van der Waals surface area contributed by atoms with Crippen LogP contribution < -0.4 is 0 Å². The minimum Gasteiger partial charge on any atom is -0.368 e. The number of nitrogens with zero attached hydrogens (tertiary/aromatic N) is 2. The highest BCUT2D eigenvalue weighted by molar-refractivity contribution is 5.84. The van der Waals surface area contributed by atoms with Gasteiger partial charge in [-0.05, 0) is 55.0 Å². The number of halogens is 1. The molecule has 0 spiro atoms. The van der Waals surface area contributed by atoms with Crippen LogP contribution in [-0.2, 0) is 20.7 Å². The lowest BCUT2D eigenvalue weighted by atomic mass is 9.94. The number of rotatable bonds is 5. The van der Waals surface area contributed by atoms with Crippen LogP contribution in [0, 0.1) is 11.7 Å². The Bertz CT molecular complexity index is 925. The van der Waals surface area contributed by atoms with E-state index in [2.05, 4.69) is 0 Å². The first-order chi connectivity index (χ1) is 15.0. The van der Waals surface area contributed by atoms with Gasteiger partial charge in [0.1, 0.15) is 11.9 Å². The maximum atomic E-state index is 13.3. The van der Waals surface area contributed by atoms with Crippen molar-refractivity contribution in [3.63, 3.8) is 0 Å². The molecule has 31 heavy (non-hydrogen) atoms. The first-order valence-electron chi connectivity index (χ1n) is 11.1. The quantitative estimate of drug-likeness (QED) is 0.738. The van der Waals surface area contributed by atoms with Crippen LogP contribution in [-0.4, -0.2) is 60.5 Å². The number of amides is 2. The summed E-state index contributed by atoms with van der Waals surface area (Å²) in [6.45, 7) is 4.75. The molecular formula is C25H29FN2O3. The van der Waals surface area contributed by atoms with E-state index in [9.17, 15) is 14.0 Å². The van der Waals surface area contributed by atoms with Gasteiger partial charge in [0, 0.05) is 32.8 Å². The monoisotopic (exact) mass is 424 g/mol. The number of likely N-dealkylation sites (N-methyl/N-ethyl adjacent to an activating group) is 1. The van der Waals surface area contributed by atoms with E-state index < -0.39 is 0 Å². The van der Waals surface area contributed by atoms with Crippen LogP contribution in [0.25, 0.3) is 11.1 Å². The van der Waals surface area contributed by atoms with Crippen molar-refractivity contribution in [2.75, 3.05) is 32.8 Å². The molecule has 4 rings (SSSR count). The Labute approximate surface area is 182 Å². The Morgan fingerprint density at radius 3 is 2.65 bits per heavy atom. The van der Waals surface area contributed by atoms with Gasteiger partial charge < -0.3 is 14.5 Å². The van der Waals surface area contributed by atoms with Gasteiger partial charge >= 0.3 is 0 Å². The first kappa shape index (κ1) is 21.5.